The summed E-state index contributed by atoms with van der Waals surface area (Å²) in [7, 11) is 0. The van der Waals surface area contributed by atoms with Gasteiger partial charge in [-0.15, -0.1) is 0 Å². The molecular formula is C20H28N4O5. The summed E-state index contributed by atoms with van der Waals surface area (Å²) >= 11 is 0. The molecule has 0 radical (unpaired) electrons. The number of hydrogen-bond acceptors (Lipinski definition) is 7. The van der Waals surface area contributed by atoms with Crippen LogP contribution in [0.2, 0.25) is 0 Å². The zero-order chi connectivity index (χ0) is 20.6. The second-order valence-electron chi connectivity index (χ2n) is 7.48. The van der Waals surface area contributed by atoms with E-state index in [0.717, 1.165) is 52.1 Å². The standard InChI is InChI=1S/C20H28N4O5/c21-10-15-3-4-19(18(25)9-15)28-8-2-7-24-13-16-11-23(12-17(14-24)29-16)6-1-5-22-20(26)27/h3-4,9,16-17,22,25H,1-2,5-8,11-14H2,(H,26,27). The summed E-state index contributed by atoms with van der Waals surface area (Å²) in [6.45, 7) is 6.24. The average molecular weight is 404 g/mol. The SMILES string of the molecule is N#Cc1ccc(OCCCN2CC3CN(CCCNC(=O)O)CC(C2)O3)c(O)c1. The lowest BCUT2D eigenvalue weighted by Crippen LogP contribution is -2.59. The second kappa shape index (κ2) is 10.3. The minimum atomic E-state index is -0.974. The number of nitrogens with one attached hydrogen (secondary N) is 1. The Bertz CT molecular complexity index is 724. The fraction of sp³-hybridized carbons (Fsp3) is 0.600. The number of benzene rings is 1. The van der Waals surface area contributed by atoms with Crippen LogP contribution in [-0.4, -0.2) is 90.7 Å². The summed E-state index contributed by atoms with van der Waals surface area (Å²) in [4.78, 5) is 15.2. The van der Waals surface area contributed by atoms with Gasteiger partial charge in [0.05, 0.1) is 30.4 Å². The van der Waals surface area contributed by atoms with Crippen LogP contribution in [0.4, 0.5) is 4.79 Å². The van der Waals surface area contributed by atoms with E-state index >= 15 is 0 Å². The van der Waals surface area contributed by atoms with Gasteiger partial charge in [-0.3, -0.25) is 9.80 Å². The Morgan fingerprint density at radius 3 is 2.45 bits per heavy atom. The van der Waals surface area contributed by atoms with Crippen LogP contribution >= 0.6 is 0 Å². The van der Waals surface area contributed by atoms with Gasteiger partial charge in [-0.1, -0.05) is 0 Å². The number of aromatic hydroxyl groups is 1. The van der Waals surface area contributed by atoms with E-state index in [0.29, 0.717) is 24.5 Å². The first-order chi connectivity index (χ1) is 14.0. The fourth-order valence-electron chi connectivity index (χ4n) is 3.90. The van der Waals surface area contributed by atoms with Crippen molar-refractivity contribution >= 4 is 6.09 Å². The largest absolute Gasteiger partial charge is 0.504 e. The maximum absolute atomic E-state index is 10.5. The highest BCUT2D eigenvalue weighted by atomic mass is 16.5. The Morgan fingerprint density at radius 2 is 1.86 bits per heavy atom. The van der Waals surface area contributed by atoms with E-state index in [1.807, 2.05) is 6.07 Å². The molecule has 0 aliphatic carbocycles. The van der Waals surface area contributed by atoms with E-state index in [1.54, 1.807) is 12.1 Å². The lowest BCUT2D eigenvalue weighted by molar-refractivity contribution is -0.138. The fourth-order valence-corrected chi connectivity index (χ4v) is 3.90. The highest BCUT2D eigenvalue weighted by Gasteiger charge is 2.34. The van der Waals surface area contributed by atoms with Gasteiger partial charge in [0.2, 0.25) is 0 Å². The molecule has 1 aromatic rings. The van der Waals surface area contributed by atoms with Gasteiger partial charge < -0.3 is 25.0 Å². The molecule has 158 valence electrons. The molecule has 0 saturated carbocycles. The molecule has 2 saturated heterocycles. The molecule has 1 aromatic carbocycles. The molecule has 0 aromatic heterocycles. The van der Waals surface area contributed by atoms with Crippen LogP contribution < -0.4 is 10.1 Å². The molecule has 3 N–H and O–H groups in total. The number of hydrogen-bond donors (Lipinski definition) is 3. The molecule has 2 bridgehead atoms. The molecule has 0 spiro atoms. The molecule has 3 rings (SSSR count). The number of rotatable bonds is 9. The zero-order valence-corrected chi connectivity index (χ0v) is 16.4. The summed E-state index contributed by atoms with van der Waals surface area (Å²) in [6.07, 6.45) is 1.02. The Balaban J connectivity index is 1.34. The van der Waals surface area contributed by atoms with E-state index in [2.05, 4.69) is 15.1 Å². The molecule has 2 fully saturated rings. The van der Waals surface area contributed by atoms with Crippen LogP contribution in [0.5, 0.6) is 11.5 Å². The zero-order valence-electron chi connectivity index (χ0n) is 16.4. The third kappa shape index (κ3) is 6.49. The van der Waals surface area contributed by atoms with Crippen LogP contribution in [0.1, 0.15) is 18.4 Å². The van der Waals surface area contributed by atoms with E-state index in [-0.39, 0.29) is 18.0 Å². The van der Waals surface area contributed by atoms with Crippen molar-refractivity contribution in [2.45, 2.75) is 25.0 Å². The number of ether oxygens (including phenoxy) is 2. The number of fused-ring (bicyclic) bond motifs is 2. The van der Waals surface area contributed by atoms with Crippen LogP contribution in [0, 0.1) is 11.3 Å². The lowest BCUT2D eigenvalue weighted by Gasteiger charge is -2.46. The first-order valence-corrected chi connectivity index (χ1v) is 9.96. The molecule has 2 aliphatic heterocycles. The van der Waals surface area contributed by atoms with Crippen LogP contribution in [0.15, 0.2) is 18.2 Å². The topological polar surface area (TPSA) is 118 Å². The van der Waals surface area contributed by atoms with Gasteiger partial charge in [0.25, 0.3) is 0 Å². The average Bonchev–Trinajstić information content (AvgIpc) is 2.68. The lowest BCUT2D eigenvalue weighted by atomic mass is 10.1. The quantitative estimate of drug-likeness (QED) is 0.523. The van der Waals surface area contributed by atoms with Crippen molar-refractivity contribution in [2.75, 3.05) is 52.4 Å². The van der Waals surface area contributed by atoms with Crippen LogP contribution in [-0.2, 0) is 4.74 Å². The minimum absolute atomic E-state index is 0.0106. The van der Waals surface area contributed by atoms with Crippen molar-refractivity contribution in [1.82, 2.24) is 15.1 Å². The highest BCUT2D eigenvalue weighted by Crippen LogP contribution is 2.26. The second-order valence-corrected chi connectivity index (χ2v) is 7.48. The van der Waals surface area contributed by atoms with Crippen LogP contribution in [0.3, 0.4) is 0 Å². The van der Waals surface area contributed by atoms with Gasteiger partial charge in [-0.25, -0.2) is 4.79 Å². The third-order valence-electron chi connectivity index (χ3n) is 5.12. The Labute approximate surface area is 170 Å². The monoisotopic (exact) mass is 404 g/mol. The van der Waals surface area contributed by atoms with Crippen molar-refractivity contribution < 1.29 is 24.5 Å². The van der Waals surface area contributed by atoms with Crippen LogP contribution in [0.25, 0.3) is 0 Å². The summed E-state index contributed by atoms with van der Waals surface area (Å²) < 4.78 is 11.7. The Hall–Kier alpha value is -2.54. The van der Waals surface area contributed by atoms with Crippen molar-refractivity contribution in [2.24, 2.45) is 0 Å². The summed E-state index contributed by atoms with van der Waals surface area (Å²) in [5.74, 6) is 0.388. The summed E-state index contributed by atoms with van der Waals surface area (Å²) in [5, 5.41) is 29.7. The van der Waals surface area contributed by atoms with E-state index in [1.165, 1.54) is 6.07 Å². The van der Waals surface area contributed by atoms with Gasteiger partial charge in [0, 0.05) is 51.9 Å². The molecule has 29 heavy (non-hydrogen) atoms. The van der Waals surface area contributed by atoms with Gasteiger partial charge in [0.1, 0.15) is 0 Å². The molecule has 2 heterocycles. The van der Waals surface area contributed by atoms with Crippen molar-refractivity contribution in [3.05, 3.63) is 23.8 Å². The van der Waals surface area contributed by atoms with Gasteiger partial charge in [-0.2, -0.15) is 5.26 Å². The first kappa shape index (κ1) is 21.2. The molecule has 9 nitrogen and oxygen atoms in total. The molecular weight excluding hydrogens is 376 g/mol. The number of carbonyl (C=O) groups is 1. The van der Waals surface area contributed by atoms with Crippen molar-refractivity contribution in [3.63, 3.8) is 0 Å². The summed E-state index contributed by atoms with van der Waals surface area (Å²) in [5.41, 5.74) is 0.405. The van der Waals surface area contributed by atoms with E-state index in [4.69, 9.17) is 19.8 Å². The Kier molecular flexibility index (Phi) is 7.52. The molecule has 2 atom stereocenters. The first-order valence-electron chi connectivity index (χ1n) is 9.96. The molecule has 1 amide bonds. The Morgan fingerprint density at radius 1 is 1.21 bits per heavy atom. The number of morpholine rings is 2. The predicted octanol–water partition coefficient (Wildman–Crippen LogP) is 1.08. The predicted molar refractivity (Wildman–Crippen MR) is 105 cm³/mol. The maximum Gasteiger partial charge on any atom is 0.404 e. The van der Waals surface area contributed by atoms with Gasteiger partial charge >= 0.3 is 6.09 Å². The smallest absolute Gasteiger partial charge is 0.404 e. The number of nitriles is 1. The summed E-state index contributed by atoms with van der Waals surface area (Å²) in [6, 6.07) is 6.63. The maximum atomic E-state index is 10.5. The highest BCUT2D eigenvalue weighted by molar-refractivity contribution is 5.64. The van der Waals surface area contributed by atoms with Gasteiger partial charge in [-0.05, 0) is 25.0 Å². The van der Waals surface area contributed by atoms with Gasteiger partial charge in [0.15, 0.2) is 11.5 Å². The molecule has 2 aliphatic rings. The molecule has 2 unspecified atom stereocenters. The van der Waals surface area contributed by atoms with Crippen molar-refractivity contribution in [1.29, 1.82) is 5.26 Å². The van der Waals surface area contributed by atoms with E-state index < -0.39 is 6.09 Å². The number of nitrogens with zero attached hydrogens (tertiary/aromatic N) is 3. The number of phenolic OH excluding ortho intramolecular Hbond substituents is 1. The number of phenols is 1. The van der Waals surface area contributed by atoms with Crippen molar-refractivity contribution in [3.8, 4) is 17.6 Å². The normalized spacial score (nSPS) is 22.0. The number of amides is 1. The number of carboxylic acid groups (broad SMARTS) is 1. The third-order valence-corrected chi connectivity index (χ3v) is 5.12. The van der Waals surface area contributed by atoms with E-state index in [9.17, 15) is 9.90 Å². The minimum Gasteiger partial charge on any atom is -0.504 e. The molecule has 9 heteroatoms.